The van der Waals surface area contributed by atoms with Gasteiger partial charge in [-0.2, -0.15) is 4.67 Å². The Morgan fingerprint density at radius 3 is 2.44 bits per heavy atom. The molecule has 1 unspecified atom stereocenters. The molecule has 0 fully saturated rings. The molecule has 0 saturated heterocycles. The van der Waals surface area contributed by atoms with Crippen LogP contribution in [-0.4, -0.2) is 17.6 Å². The summed E-state index contributed by atoms with van der Waals surface area (Å²) in [6, 6.07) is 0. The average Bonchev–Trinajstić information content (AvgIpc) is 1.88. The van der Waals surface area contributed by atoms with Gasteiger partial charge in [0.15, 0.2) is 0 Å². The van der Waals surface area contributed by atoms with E-state index < -0.39 is 8.15 Å². The van der Waals surface area contributed by atoms with Crippen LogP contribution in [0, 0.1) is 0 Å². The van der Waals surface area contributed by atoms with E-state index in [1.807, 2.05) is 6.92 Å². The predicted octanol–water partition coefficient (Wildman–Crippen LogP) is 2.23. The second-order valence-corrected chi connectivity index (χ2v) is 3.86. The lowest BCUT2D eigenvalue weighted by Crippen LogP contribution is -1.90. The van der Waals surface area contributed by atoms with Gasteiger partial charge in [-0.15, -0.1) is 0 Å². The Hall–Kier alpha value is 0.310. The zero-order valence-electron chi connectivity index (χ0n) is 5.83. The van der Waals surface area contributed by atoms with Crippen molar-refractivity contribution in [3.63, 3.8) is 0 Å². The standard InChI is InChI=1S/C5H13O3P/c1-3-5-9(4-2)8-7-6/h6H,3-5H2,1-2H3. The van der Waals surface area contributed by atoms with Crippen LogP contribution in [-0.2, 0) is 9.71 Å². The smallest absolute Gasteiger partial charge is 0.0740 e. The minimum Gasteiger partial charge on any atom is -0.221 e. The van der Waals surface area contributed by atoms with Crippen LogP contribution >= 0.6 is 8.15 Å². The van der Waals surface area contributed by atoms with E-state index in [-0.39, 0.29) is 0 Å². The molecule has 56 valence electrons. The van der Waals surface area contributed by atoms with E-state index >= 15 is 0 Å². The van der Waals surface area contributed by atoms with E-state index in [4.69, 9.17) is 5.26 Å². The van der Waals surface area contributed by atoms with Crippen molar-refractivity contribution in [2.75, 3.05) is 12.3 Å². The summed E-state index contributed by atoms with van der Waals surface area (Å²) < 4.78 is 4.55. The molecule has 1 atom stereocenters. The molecule has 9 heavy (non-hydrogen) atoms. The van der Waals surface area contributed by atoms with Crippen molar-refractivity contribution in [2.24, 2.45) is 0 Å². The van der Waals surface area contributed by atoms with Gasteiger partial charge in [-0.1, -0.05) is 18.9 Å². The molecule has 0 saturated carbocycles. The highest BCUT2D eigenvalue weighted by Gasteiger charge is 2.04. The fourth-order valence-electron chi connectivity index (χ4n) is 0.545. The Morgan fingerprint density at radius 1 is 1.44 bits per heavy atom. The van der Waals surface area contributed by atoms with Crippen LogP contribution in [0.25, 0.3) is 0 Å². The Bertz CT molecular complexity index is 54.2. The van der Waals surface area contributed by atoms with Crippen LogP contribution in [0.2, 0.25) is 0 Å². The van der Waals surface area contributed by atoms with Gasteiger partial charge >= 0.3 is 0 Å². The molecule has 0 bridgehead atoms. The van der Waals surface area contributed by atoms with Gasteiger partial charge in [0.1, 0.15) is 0 Å². The van der Waals surface area contributed by atoms with Gasteiger partial charge in [0.25, 0.3) is 0 Å². The summed E-state index contributed by atoms with van der Waals surface area (Å²) in [6.07, 6.45) is 3.00. The molecule has 4 heteroatoms. The number of rotatable bonds is 5. The quantitative estimate of drug-likeness (QED) is 0.373. The molecule has 0 aliphatic heterocycles. The fourth-order valence-corrected chi connectivity index (χ4v) is 1.63. The van der Waals surface area contributed by atoms with Crippen molar-refractivity contribution < 1.29 is 15.0 Å². The minimum atomic E-state index is -0.531. The third-order valence-electron chi connectivity index (χ3n) is 0.964. The maximum atomic E-state index is 7.89. The SMILES string of the molecule is CCCP(CC)OOO. The highest BCUT2D eigenvalue weighted by Crippen LogP contribution is 2.36. The summed E-state index contributed by atoms with van der Waals surface area (Å²) in [7, 11) is -0.531. The molecule has 0 aliphatic rings. The largest absolute Gasteiger partial charge is 0.221 e. The van der Waals surface area contributed by atoms with Gasteiger partial charge in [-0.3, -0.25) is 0 Å². The molecular formula is C5H13O3P. The molecule has 0 aromatic carbocycles. The summed E-state index contributed by atoms with van der Waals surface area (Å²) in [6.45, 7) is 4.09. The fraction of sp³-hybridized carbons (Fsp3) is 1.00. The maximum Gasteiger partial charge on any atom is 0.0740 e. The van der Waals surface area contributed by atoms with E-state index in [0.29, 0.717) is 0 Å². The van der Waals surface area contributed by atoms with Crippen LogP contribution in [0.15, 0.2) is 0 Å². The first-order chi connectivity index (χ1) is 4.35. The van der Waals surface area contributed by atoms with E-state index in [2.05, 4.69) is 16.6 Å². The first-order valence-corrected chi connectivity index (χ1v) is 4.71. The second kappa shape index (κ2) is 6.43. The van der Waals surface area contributed by atoms with Gasteiger partial charge in [-0.05, 0) is 18.7 Å². The maximum absolute atomic E-state index is 7.89. The molecule has 0 amide bonds. The van der Waals surface area contributed by atoms with Crippen molar-refractivity contribution in [1.29, 1.82) is 0 Å². The minimum absolute atomic E-state index is 0.531. The Morgan fingerprint density at radius 2 is 2.11 bits per heavy atom. The number of hydrogen-bond donors (Lipinski definition) is 1. The lowest BCUT2D eigenvalue weighted by molar-refractivity contribution is -0.437. The van der Waals surface area contributed by atoms with E-state index in [1.54, 1.807) is 0 Å². The molecule has 1 N–H and O–H groups in total. The normalized spacial score (nSPS) is 13.7. The van der Waals surface area contributed by atoms with Crippen LogP contribution in [0.1, 0.15) is 20.3 Å². The Balaban J connectivity index is 3.18. The van der Waals surface area contributed by atoms with Crippen LogP contribution in [0.5, 0.6) is 0 Å². The first kappa shape index (κ1) is 9.31. The van der Waals surface area contributed by atoms with Crippen molar-refractivity contribution in [2.45, 2.75) is 20.3 Å². The molecule has 0 aliphatic carbocycles. The Labute approximate surface area is 56.7 Å². The summed E-state index contributed by atoms with van der Waals surface area (Å²) in [5.41, 5.74) is 0. The van der Waals surface area contributed by atoms with Gasteiger partial charge < -0.3 is 0 Å². The van der Waals surface area contributed by atoms with E-state index in [9.17, 15) is 0 Å². The molecule has 0 heterocycles. The molecule has 0 spiro atoms. The van der Waals surface area contributed by atoms with Gasteiger partial charge in [0.05, 0.1) is 8.15 Å². The molecule has 3 nitrogen and oxygen atoms in total. The average molecular weight is 152 g/mol. The topological polar surface area (TPSA) is 38.7 Å². The molecule has 0 aromatic heterocycles. The van der Waals surface area contributed by atoms with Crippen LogP contribution in [0.3, 0.4) is 0 Å². The lowest BCUT2D eigenvalue weighted by atomic mass is 10.6. The molecule has 0 rings (SSSR count). The second-order valence-electron chi connectivity index (χ2n) is 1.67. The van der Waals surface area contributed by atoms with Crippen molar-refractivity contribution >= 4 is 8.15 Å². The lowest BCUT2D eigenvalue weighted by Gasteiger charge is -2.08. The van der Waals surface area contributed by atoms with E-state index in [0.717, 1.165) is 18.7 Å². The summed E-state index contributed by atoms with van der Waals surface area (Å²) >= 11 is 0. The van der Waals surface area contributed by atoms with Crippen LogP contribution in [0.4, 0.5) is 0 Å². The highest BCUT2D eigenvalue weighted by atomic mass is 31.1. The van der Waals surface area contributed by atoms with Crippen molar-refractivity contribution in [3.8, 4) is 0 Å². The van der Waals surface area contributed by atoms with Gasteiger partial charge in [-0.25, -0.2) is 5.26 Å². The molecule has 0 radical (unpaired) electrons. The zero-order chi connectivity index (χ0) is 7.11. The summed E-state index contributed by atoms with van der Waals surface area (Å²) in [5, 5.41) is 11.5. The third-order valence-corrected chi connectivity index (χ3v) is 2.89. The Kier molecular flexibility index (Phi) is 6.65. The summed E-state index contributed by atoms with van der Waals surface area (Å²) in [5.74, 6) is 0. The predicted molar refractivity (Wildman–Crippen MR) is 37.4 cm³/mol. The van der Waals surface area contributed by atoms with Crippen LogP contribution < -0.4 is 0 Å². The monoisotopic (exact) mass is 152 g/mol. The first-order valence-electron chi connectivity index (χ1n) is 3.08. The summed E-state index contributed by atoms with van der Waals surface area (Å²) in [4.78, 5) is 0. The number of hydrogen-bond acceptors (Lipinski definition) is 3. The third kappa shape index (κ3) is 4.79. The molecule has 0 aromatic rings. The van der Waals surface area contributed by atoms with Gasteiger partial charge in [0, 0.05) is 0 Å². The van der Waals surface area contributed by atoms with Crippen molar-refractivity contribution in [3.05, 3.63) is 0 Å². The highest BCUT2D eigenvalue weighted by molar-refractivity contribution is 7.52. The molecular weight excluding hydrogens is 139 g/mol. The van der Waals surface area contributed by atoms with Crippen molar-refractivity contribution in [1.82, 2.24) is 0 Å². The van der Waals surface area contributed by atoms with E-state index in [1.165, 1.54) is 0 Å². The zero-order valence-corrected chi connectivity index (χ0v) is 6.73. The van der Waals surface area contributed by atoms with Gasteiger partial charge in [0.2, 0.25) is 0 Å².